The van der Waals surface area contributed by atoms with Crippen LogP contribution in [0.15, 0.2) is 21.1 Å². The van der Waals surface area contributed by atoms with Crippen LogP contribution in [0.5, 0.6) is 0 Å². The van der Waals surface area contributed by atoms with Crippen LogP contribution in [0.3, 0.4) is 0 Å². The number of benzene rings is 1. The molecule has 0 spiro atoms. The Labute approximate surface area is 114 Å². The fourth-order valence-electron chi connectivity index (χ4n) is 2.32. The standard InChI is InChI=1S/C13H17Br2N/c1-7-4-9(7)13(16-3)10-6-11(14)8(2)5-12(10)15/h5-7,9,13,16H,4H2,1-3H3. The van der Waals surface area contributed by atoms with Gasteiger partial charge in [-0.1, -0.05) is 38.8 Å². The predicted molar refractivity (Wildman–Crippen MR) is 75.7 cm³/mol. The Bertz CT molecular complexity index is 403. The Balaban J connectivity index is 2.34. The van der Waals surface area contributed by atoms with Gasteiger partial charge in [-0.25, -0.2) is 0 Å². The van der Waals surface area contributed by atoms with E-state index >= 15 is 0 Å². The summed E-state index contributed by atoms with van der Waals surface area (Å²) >= 11 is 7.29. The highest BCUT2D eigenvalue weighted by Crippen LogP contribution is 2.48. The maximum Gasteiger partial charge on any atom is 0.0360 e. The second-order valence-electron chi connectivity index (χ2n) is 4.77. The third-order valence-corrected chi connectivity index (χ3v) is 5.06. The lowest BCUT2D eigenvalue weighted by Crippen LogP contribution is -2.19. The van der Waals surface area contributed by atoms with Crippen molar-refractivity contribution >= 4 is 31.9 Å². The summed E-state index contributed by atoms with van der Waals surface area (Å²) in [7, 11) is 2.05. The van der Waals surface area contributed by atoms with E-state index in [0.29, 0.717) is 6.04 Å². The van der Waals surface area contributed by atoms with E-state index in [-0.39, 0.29) is 0 Å². The number of aryl methyl sites for hydroxylation is 1. The van der Waals surface area contributed by atoms with Crippen molar-refractivity contribution in [3.63, 3.8) is 0 Å². The van der Waals surface area contributed by atoms with Crippen molar-refractivity contribution in [3.05, 3.63) is 32.2 Å². The molecule has 88 valence electrons. The Morgan fingerprint density at radius 3 is 2.44 bits per heavy atom. The average Bonchev–Trinajstić information content (AvgIpc) is 2.92. The first kappa shape index (κ1) is 12.6. The minimum Gasteiger partial charge on any atom is -0.313 e. The molecule has 3 atom stereocenters. The molecule has 3 unspecified atom stereocenters. The first-order chi connectivity index (χ1) is 7.54. The van der Waals surface area contributed by atoms with E-state index < -0.39 is 0 Å². The van der Waals surface area contributed by atoms with Crippen LogP contribution >= 0.6 is 31.9 Å². The van der Waals surface area contributed by atoms with Crippen molar-refractivity contribution in [2.45, 2.75) is 26.3 Å². The zero-order chi connectivity index (χ0) is 11.9. The van der Waals surface area contributed by atoms with E-state index in [9.17, 15) is 0 Å². The van der Waals surface area contributed by atoms with Crippen molar-refractivity contribution in [1.29, 1.82) is 0 Å². The molecule has 2 rings (SSSR count). The van der Waals surface area contributed by atoms with Gasteiger partial charge < -0.3 is 5.32 Å². The van der Waals surface area contributed by atoms with Gasteiger partial charge in [0.15, 0.2) is 0 Å². The molecule has 1 aliphatic rings. The number of hydrogen-bond acceptors (Lipinski definition) is 1. The summed E-state index contributed by atoms with van der Waals surface area (Å²) in [4.78, 5) is 0. The molecule has 0 amide bonds. The van der Waals surface area contributed by atoms with E-state index in [0.717, 1.165) is 11.8 Å². The quantitative estimate of drug-likeness (QED) is 0.853. The molecular formula is C13H17Br2N. The normalized spacial score (nSPS) is 25.6. The molecule has 1 aliphatic carbocycles. The van der Waals surface area contributed by atoms with Gasteiger partial charge in [0.25, 0.3) is 0 Å². The number of rotatable bonds is 3. The summed E-state index contributed by atoms with van der Waals surface area (Å²) in [5.74, 6) is 1.64. The molecule has 0 saturated heterocycles. The second kappa shape index (κ2) is 4.79. The molecule has 1 aromatic rings. The topological polar surface area (TPSA) is 12.0 Å². The largest absolute Gasteiger partial charge is 0.313 e. The summed E-state index contributed by atoms with van der Waals surface area (Å²) in [6, 6.07) is 4.91. The minimum absolute atomic E-state index is 0.473. The highest BCUT2D eigenvalue weighted by Gasteiger charge is 2.40. The lowest BCUT2D eigenvalue weighted by atomic mass is 10.0. The van der Waals surface area contributed by atoms with E-state index in [4.69, 9.17) is 0 Å². The van der Waals surface area contributed by atoms with Crippen LogP contribution in [0.1, 0.15) is 30.5 Å². The first-order valence-electron chi connectivity index (χ1n) is 5.67. The Kier molecular flexibility index (Phi) is 3.77. The van der Waals surface area contributed by atoms with Gasteiger partial charge in [0.2, 0.25) is 0 Å². The fourth-order valence-corrected chi connectivity index (χ4v) is 3.38. The predicted octanol–water partition coefficient (Wildman–Crippen LogP) is 4.44. The summed E-state index contributed by atoms with van der Waals surface area (Å²) in [5.41, 5.74) is 2.64. The zero-order valence-electron chi connectivity index (χ0n) is 9.85. The lowest BCUT2D eigenvalue weighted by Gasteiger charge is -2.19. The summed E-state index contributed by atoms with van der Waals surface area (Å²) in [6.07, 6.45) is 1.34. The smallest absolute Gasteiger partial charge is 0.0360 e. The van der Waals surface area contributed by atoms with Crippen molar-refractivity contribution in [3.8, 4) is 0 Å². The van der Waals surface area contributed by atoms with Crippen molar-refractivity contribution < 1.29 is 0 Å². The number of nitrogens with one attached hydrogen (secondary N) is 1. The summed E-state index contributed by atoms with van der Waals surface area (Å²) < 4.78 is 2.41. The van der Waals surface area contributed by atoms with E-state index in [2.05, 4.69) is 70.2 Å². The first-order valence-corrected chi connectivity index (χ1v) is 7.26. The van der Waals surface area contributed by atoms with Gasteiger partial charge in [0.05, 0.1) is 0 Å². The Morgan fingerprint density at radius 1 is 1.31 bits per heavy atom. The third kappa shape index (κ3) is 2.36. The van der Waals surface area contributed by atoms with E-state index in [1.807, 2.05) is 0 Å². The van der Waals surface area contributed by atoms with Crippen LogP contribution in [-0.2, 0) is 0 Å². The minimum atomic E-state index is 0.473. The van der Waals surface area contributed by atoms with E-state index in [1.165, 1.54) is 26.5 Å². The molecule has 0 radical (unpaired) electrons. The second-order valence-corrected chi connectivity index (χ2v) is 6.47. The van der Waals surface area contributed by atoms with Crippen LogP contribution in [0.4, 0.5) is 0 Å². The Morgan fingerprint density at radius 2 is 1.94 bits per heavy atom. The molecule has 1 N–H and O–H groups in total. The maximum absolute atomic E-state index is 3.68. The highest BCUT2D eigenvalue weighted by atomic mass is 79.9. The zero-order valence-corrected chi connectivity index (χ0v) is 13.0. The van der Waals surface area contributed by atoms with Gasteiger partial charge in [-0.15, -0.1) is 0 Å². The SMILES string of the molecule is CNC(c1cc(Br)c(C)cc1Br)C1CC1C. The van der Waals surface area contributed by atoms with Crippen molar-refractivity contribution in [1.82, 2.24) is 5.32 Å². The summed E-state index contributed by atoms with van der Waals surface area (Å²) in [5, 5.41) is 3.45. The highest BCUT2D eigenvalue weighted by molar-refractivity contribution is 9.11. The Hall–Kier alpha value is 0.140. The number of halogens is 2. The van der Waals surface area contributed by atoms with Crippen LogP contribution in [0.2, 0.25) is 0 Å². The van der Waals surface area contributed by atoms with Crippen molar-refractivity contribution in [2.24, 2.45) is 11.8 Å². The van der Waals surface area contributed by atoms with Crippen LogP contribution < -0.4 is 5.32 Å². The van der Waals surface area contributed by atoms with Gasteiger partial charge in [0.1, 0.15) is 0 Å². The molecule has 0 heterocycles. The monoisotopic (exact) mass is 345 g/mol. The molecule has 0 bridgehead atoms. The van der Waals surface area contributed by atoms with Crippen LogP contribution in [0.25, 0.3) is 0 Å². The fraction of sp³-hybridized carbons (Fsp3) is 0.538. The average molecular weight is 347 g/mol. The molecule has 1 saturated carbocycles. The van der Waals surface area contributed by atoms with Gasteiger partial charge in [-0.2, -0.15) is 0 Å². The third-order valence-electron chi connectivity index (χ3n) is 3.52. The van der Waals surface area contributed by atoms with Gasteiger partial charge >= 0.3 is 0 Å². The van der Waals surface area contributed by atoms with Gasteiger partial charge in [0, 0.05) is 15.0 Å². The molecule has 0 aliphatic heterocycles. The molecule has 0 aromatic heterocycles. The molecule has 1 nitrogen and oxygen atoms in total. The molecule has 1 aromatic carbocycles. The molecule has 1 fully saturated rings. The van der Waals surface area contributed by atoms with Gasteiger partial charge in [-0.3, -0.25) is 0 Å². The molecule has 3 heteroatoms. The van der Waals surface area contributed by atoms with Crippen LogP contribution in [0, 0.1) is 18.8 Å². The molecule has 16 heavy (non-hydrogen) atoms. The summed E-state index contributed by atoms with van der Waals surface area (Å²) in [6.45, 7) is 4.44. The van der Waals surface area contributed by atoms with E-state index in [1.54, 1.807) is 0 Å². The lowest BCUT2D eigenvalue weighted by molar-refractivity contribution is 0.502. The van der Waals surface area contributed by atoms with Crippen LogP contribution in [-0.4, -0.2) is 7.05 Å². The number of hydrogen-bond donors (Lipinski definition) is 1. The maximum atomic E-state index is 3.68. The van der Waals surface area contributed by atoms with Crippen molar-refractivity contribution in [2.75, 3.05) is 7.05 Å². The van der Waals surface area contributed by atoms with Gasteiger partial charge in [-0.05, 0) is 55.5 Å². The molecular weight excluding hydrogens is 330 g/mol.